The molecule has 106 valence electrons. The molecule has 0 amide bonds. The topological polar surface area (TPSA) is 15.3 Å². The number of nitrogens with zero attached hydrogens (tertiary/aromatic N) is 1. The molecule has 0 radical (unpaired) electrons. The summed E-state index contributed by atoms with van der Waals surface area (Å²) in [5, 5.41) is 4.59. The minimum Gasteiger partial charge on any atom is -0.307 e. The minimum absolute atomic E-state index is 0.323. The monoisotopic (exact) mass is 280 g/mol. The highest BCUT2D eigenvalue weighted by atomic mass is 35.5. The zero-order valence-corrected chi connectivity index (χ0v) is 13.0. The number of hydrogen-bond donors (Lipinski definition) is 1. The molecule has 2 nitrogen and oxygen atoms in total. The van der Waals surface area contributed by atoms with Gasteiger partial charge in [-0.05, 0) is 58.3 Å². The van der Waals surface area contributed by atoms with Gasteiger partial charge in [0.15, 0.2) is 0 Å². The van der Waals surface area contributed by atoms with E-state index < -0.39 is 0 Å². The molecule has 1 unspecified atom stereocenters. The highest BCUT2D eigenvalue weighted by Crippen LogP contribution is 2.24. The van der Waals surface area contributed by atoms with E-state index >= 15 is 0 Å². The standard InChI is InChI=1S/C16H25ClN2/c1-12(2)19-10-8-14(9-11-19)18-13(3)15-6-4-5-7-16(15)17/h4-7,12-14,18H,8-11H2,1-3H3. The normalized spacial score (nSPS) is 19.8. The molecule has 1 fully saturated rings. The Morgan fingerprint density at radius 3 is 2.37 bits per heavy atom. The summed E-state index contributed by atoms with van der Waals surface area (Å²) in [7, 11) is 0. The van der Waals surface area contributed by atoms with E-state index in [1.54, 1.807) is 0 Å². The number of rotatable bonds is 4. The molecular weight excluding hydrogens is 256 g/mol. The fraction of sp³-hybridized carbons (Fsp3) is 0.625. The predicted octanol–water partition coefficient (Wildman–Crippen LogP) is 3.86. The lowest BCUT2D eigenvalue weighted by Crippen LogP contribution is -2.45. The van der Waals surface area contributed by atoms with Gasteiger partial charge in [-0.3, -0.25) is 0 Å². The zero-order chi connectivity index (χ0) is 13.8. The molecule has 1 aromatic rings. The highest BCUT2D eigenvalue weighted by Gasteiger charge is 2.22. The maximum atomic E-state index is 6.25. The molecule has 0 bridgehead atoms. The van der Waals surface area contributed by atoms with Gasteiger partial charge in [0, 0.05) is 23.1 Å². The van der Waals surface area contributed by atoms with Crippen molar-refractivity contribution in [3.05, 3.63) is 34.9 Å². The van der Waals surface area contributed by atoms with E-state index in [0.717, 1.165) is 5.02 Å². The Labute approximate surface area is 122 Å². The molecule has 1 saturated heterocycles. The van der Waals surface area contributed by atoms with Gasteiger partial charge in [0.2, 0.25) is 0 Å². The molecule has 1 aliphatic rings. The molecule has 2 rings (SSSR count). The van der Waals surface area contributed by atoms with Crippen LogP contribution in [0.15, 0.2) is 24.3 Å². The first-order valence-corrected chi connectivity index (χ1v) is 7.70. The summed E-state index contributed by atoms with van der Waals surface area (Å²) in [6.45, 7) is 9.16. The van der Waals surface area contributed by atoms with Crippen molar-refractivity contribution in [3.63, 3.8) is 0 Å². The second-order valence-corrected chi connectivity index (χ2v) is 6.22. The maximum Gasteiger partial charge on any atom is 0.0453 e. The summed E-state index contributed by atoms with van der Waals surface area (Å²) in [5.41, 5.74) is 1.20. The third-order valence-electron chi connectivity index (χ3n) is 4.12. The molecule has 1 atom stereocenters. The van der Waals surface area contributed by atoms with Crippen LogP contribution in [0.3, 0.4) is 0 Å². The summed E-state index contributed by atoms with van der Waals surface area (Å²) in [6.07, 6.45) is 2.46. The van der Waals surface area contributed by atoms with Crippen molar-refractivity contribution in [2.24, 2.45) is 0 Å². The van der Waals surface area contributed by atoms with Crippen LogP contribution in [-0.4, -0.2) is 30.1 Å². The average Bonchev–Trinajstić information content (AvgIpc) is 2.39. The molecular formula is C16H25ClN2. The molecule has 0 aromatic heterocycles. The second kappa shape index (κ2) is 6.74. The van der Waals surface area contributed by atoms with Crippen molar-refractivity contribution in [2.75, 3.05) is 13.1 Å². The maximum absolute atomic E-state index is 6.25. The summed E-state index contributed by atoms with van der Waals surface area (Å²) in [6, 6.07) is 9.73. The number of halogens is 1. The SMILES string of the molecule is CC(NC1CCN(C(C)C)CC1)c1ccccc1Cl. The summed E-state index contributed by atoms with van der Waals surface area (Å²) < 4.78 is 0. The lowest BCUT2D eigenvalue weighted by Gasteiger charge is -2.36. The predicted molar refractivity (Wildman–Crippen MR) is 82.7 cm³/mol. The smallest absolute Gasteiger partial charge is 0.0453 e. The van der Waals surface area contributed by atoms with Crippen molar-refractivity contribution in [1.29, 1.82) is 0 Å². The fourth-order valence-electron chi connectivity index (χ4n) is 2.85. The van der Waals surface area contributed by atoms with Crippen LogP contribution in [0.25, 0.3) is 0 Å². The first-order chi connectivity index (χ1) is 9.08. The van der Waals surface area contributed by atoms with E-state index in [2.05, 4.69) is 43.1 Å². The van der Waals surface area contributed by atoms with Gasteiger partial charge < -0.3 is 10.2 Å². The van der Waals surface area contributed by atoms with Crippen LogP contribution < -0.4 is 5.32 Å². The summed E-state index contributed by atoms with van der Waals surface area (Å²) in [5.74, 6) is 0. The van der Waals surface area contributed by atoms with Crippen molar-refractivity contribution in [3.8, 4) is 0 Å². The van der Waals surface area contributed by atoms with Gasteiger partial charge >= 0.3 is 0 Å². The molecule has 1 aromatic carbocycles. The highest BCUT2D eigenvalue weighted by molar-refractivity contribution is 6.31. The van der Waals surface area contributed by atoms with Crippen LogP contribution in [0.5, 0.6) is 0 Å². The average molecular weight is 281 g/mol. The van der Waals surface area contributed by atoms with Gasteiger partial charge in [-0.1, -0.05) is 29.8 Å². The Hall–Kier alpha value is -0.570. The van der Waals surface area contributed by atoms with Crippen LogP contribution >= 0.6 is 11.6 Å². The van der Waals surface area contributed by atoms with Gasteiger partial charge in [-0.15, -0.1) is 0 Å². The van der Waals surface area contributed by atoms with Gasteiger partial charge in [-0.2, -0.15) is 0 Å². The Morgan fingerprint density at radius 1 is 1.16 bits per heavy atom. The van der Waals surface area contributed by atoms with Gasteiger partial charge in [0.25, 0.3) is 0 Å². The lowest BCUT2D eigenvalue weighted by molar-refractivity contribution is 0.157. The Bertz CT molecular complexity index is 397. The van der Waals surface area contributed by atoms with Crippen molar-refractivity contribution in [2.45, 2.75) is 51.7 Å². The van der Waals surface area contributed by atoms with Crippen molar-refractivity contribution >= 4 is 11.6 Å². The van der Waals surface area contributed by atoms with Gasteiger partial charge in [0.1, 0.15) is 0 Å². The molecule has 0 aliphatic carbocycles. The van der Waals surface area contributed by atoms with E-state index in [1.165, 1.54) is 31.5 Å². The van der Waals surface area contributed by atoms with Crippen LogP contribution in [0.4, 0.5) is 0 Å². The number of hydrogen-bond acceptors (Lipinski definition) is 2. The number of likely N-dealkylation sites (tertiary alicyclic amines) is 1. The number of piperidine rings is 1. The Morgan fingerprint density at radius 2 is 1.79 bits per heavy atom. The molecule has 1 heterocycles. The summed E-state index contributed by atoms with van der Waals surface area (Å²) >= 11 is 6.25. The number of benzene rings is 1. The van der Waals surface area contributed by atoms with Crippen LogP contribution in [0.2, 0.25) is 5.02 Å². The molecule has 19 heavy (non-hydrogen) atoms. The van der Waals surface area contributed by atoms with E-state index in [9.17, 15) is 0 Å². The van der Waals surface area contributed by atoms with Crippen LogP contribution in [0.1, 0.15) is 45.2 Å². The third kappa shape index (κ3) is 3.95. The first kappa shape index (κ1) is 14.8. The Balaban J connectivity index is 1.87. The van der Waals surface area contributed by atoms with Crippen LogP contribution in [0, 0.1) is 0 Å². The van der Waals surface area contributed by atoms with E-state index in [-0.39, 0.29) is 0 Å². The van der Waals surface area contributed by atoms with Gasteiger partial charge in [0.05, 0.1) is 0 Å². The third-order valence-corrected chi connectivity index (χ3v) is 4.46. The molecule has 0 saturated carbocycles. The van der Waals surface area contributed by atoms with E-state index in [0.29, 0.717) is 18.1 Å². The first-order valence-electron chi connectivity index (χ1n) is 7.32. The fourth-order valence-corrected chi connectivity index (χ4v) is 3.15. The zero-order valence-electron chi connectivity index (χ0n) is 12.2. The van der Waals surface area contributed by atoms with E-state index in [1.807, 2.05) is 12.1 Å². The minimum atomic E-state index is 0.323. The van der Waals surface area contributed by atoms with Crippen molar-refractivity contribution in [1.82, 2.24) is 10.2 Å². The second-order valence-electron chi connectivity index (χ2n) is 5.81. The lowest BCUT2D eigenvalue weighted by atomic mass is 10.0. The van der Waals surface area contributed by atoms with Crippen molar-refractivity contribution < 1.29 is 0 Å². The molecule has 0 spiro atoms. The largest absolute Gasteiger partial charge is 0.307 e. The molecule has 1 aliphatic heterocycles. The van der Waals surface area contributed by atoms with Gasteiger partial charge in [-0.25, -0.2) is 0 Å². The number of nitrogens with one attached hydrogen (secondary N) is 1. The Kier molecular flexibility index (Phi) is 5.26. The molecule has 3 heteroatoms. The summed E-state index contributed by atoms with van der Waals surface area (Å²) in [4.78, 5) is 2.55. The van der Waals surface area contributed by atoms with E-state index in [4.69, 9.17) is 11.6 Å². The quantitative estimate of drug-likeness (QED) is 0.901. The molecule has 1 N–H and O–H groups in total. The van der Waals surface area contributed by atoms with Crippen LogP contribution in [-0.2, 0) is 0 Å².